The highest BCUT2D eigenvalue weighted by molar-refractivity contribution is 7.92. The molecule has 8 nitrogen and oxygen atoms in total. The first kappa shape index (κ1) is 24.7. The Kier molecular flexibility index (Phi) is 7.85. The molecule has 0 aliphatic heterocycles. The maximum absolute atomic E-state index is 14.6. The Balaban J connectivity index is 1.95. The number of esters is 1. The van der Waals surface area contributed by atoms with Crippen molar-refractivity contribution in [1.82, 2.24) is 0 Å². The van der Waals surface area contributed by atoms with Crippen molar-refractivity contribution in [1.29, 1.82) is 0 Å². The molecule has 0 atom stereocenters. The van der Waals surface area contributed by atoms with Gasteiger partial charge in [0.1, 0.15) is 18.1 Å². The monoisotopic (exact) mass is 486 g/mol. The van der Waals surface area contributed by atoms with Gasteiger partial charge in [-0.05, 0) is 55.5 Å². The van der Waals surface area contributed by atoms with E-state index < -0.39 is 34.3 Å². The molecule has 0 saturated carbocycles. The van der Waals surface area contributed by atoms with Crippen molar-refractivity contribution >= 4 is 33.3 Å². The Morgan fingerprint density at radius 2 is 1.62 bits per heavy atom. The summed E-state index contributed by atoms with van der Waals surface area (Å²) in [7, 11) is -2.90. The van der Waals surface area contributed by atoms with Gasteiger partial charge in [-0.2, -0.15) is 0 Å². The maximum atomic E-state index is 14.6. The molecule has 0 aliphatic rings. The third-order valence-corrected chi connectivity index (χ3v) is 6.53. The molecule has 0 bridgehead atoms. The standard InChI is InChI=1S/C24H23FN2O6S/c1-3-33-24(29)19-8-4-6-10-21(19)26-23(28)16-27(22-11-7-5-9-20(22)25)34(30,31)18-14-12-17(32-2)13-15-18/h4-15H,3,16H2,1-2H3,(H,26,28). The fourth-order valence-corrected chi connectivity index (χ4v) is 4.56. The number of halogens is 1. The molecule has 0 radical (unpaired) electrons. The lowest BCUT2D eigenvalue weighted by Crippen LogP contribution is -2.38. The predicted octanol–water partition coefficient (Wildman–Crippen LogP) is 3.85. The van der Waals surface area contributed by atoms with Gasteiger partial charge in [0.15, 0.2) is 0 Å². The van der Waals surface area contributed by atoms with Crippen LogP contribution >= 0.6 is 0 Å². The van der Waals surface area contributed by atoms with Crippen LogP contribution in [0.25, 0.3) is 0 Å². The average Bonchev–Trinajstić information content (AvgIpc) is 2.83. The minimum atomic E-state index is -4.34. The summed E-state index contributed by atoms with van der Waals surface area (Å²) in [6.07, 6.45) is 0. The van der Waals surface area contributed by atoms with Crippen molar-refractivity contribution in [2.24, 2.45) is 0 Å². The van der Waals surface area contributed by atoms with Gasteiger partial charge in [0.2, 0.25) is 5.91 Å². The van der Waals surface area contributed by atoms with E-state index in [0.29, 0.717) is 10.1 Å². The van der Waals surface area contributed by atoms with Gasteiger partial charge in [0.25, 0.3) is 10.0 Å². The molecule has 0 fully saturated rings. The lowest BCUT2D eigenvalue weighted by atomic mass is 10.2. The van der Waals surface area contributed by atoms with Crippen LogP contribution in [0.2, 0.25) is 0 Å². The molecule has 3 aromatic carbocycles. The van der Waals surface area contributed by atoms with Crippen LogP contribution in [0.4, 0.5) is 15.8 Å². The Morgan fingerprint density at radius 3 is 2.26 bits per heavy atom. The van der Waals surface area contributed by atoms with Crippen LogP contribution < -0.4 is 14.4 Å². The number of anilines is 2. The molecule has 3 rings (SSSR count). The van der Waals surface area contributed by atoms with Crippen molar-refractivity contribution in [3.05, 3.63) is 84.2 Å². The van der Waals surface area contributed by atoms with Gasteiger partial charge in [-0.25, -0.2) is 17.6 Å². The zero-order valence-corrected chi connectivity index (χ0v) is 19.3. The molecule has 0 aliphatic carbocycles. The number of ether oxygens (including phenoxy) is 2. The van der Waals surface area contributed by atoms with Crippen LogP contribution in [-0.2, 0) is 19.6 Å². The number of nitrogens with one attached hydrogen (secondary N) is 1. The van der Waals surface area contributed by atoms with Crippen LogP contribution in [-0.4, -0.2) is 40.6 Å². The van der Waals surface area contributed by atoms with Crippen LogP contribution in [0.15, 0.2) is 77.7 Å². The van der Waals surface area contributed by atoms with E-state index in [1.165, 1.54) is 61.7 Å². The van der Waals surface area contributed by atoms with E-state index in [9.17, 15) is 22.4 Å². The number of carbonyl (C=O) groups excluding carboxylic acids is 2. The van der Waals surface area contributed by atoms with E-state index in [2.05, 4.69) is 5.32 Å². The molecule has 0 saturated heterocycles. The Morgan fingerprint density at radius 1 is 0.971 bits per heavy atom. The molecular formula is C24H23FN2O6S. The first-order valence-corrected chi connectivity index (χ1v) is 11.7. The minimum Gasteiger partial charge on any atom is -0.497 e. The molecule has 10 heteroatoms. The highest BCUT2D eigenvalue weighted by Crippen LogP contribution is 2.27. The van der Waals surface area contributed by atoms with Crippen molar-refractivity contribution in [3.63, 3.8) is 0 Å². The third kappa shape index (κ3) is 5.52. The Bertz CT molecular complexity index is 1280. The minimum absolute atomic E-state index is 0.105. The number of para-hydroxylation sites is 2. The van der Waals surface area contributed by atoms with E-state index in [1.807, 2.05) is 0 Å². The van der Waals surface area contributed by atoms with E-state index in [-0.39, 0.29) is 28.4 Å². The Hall–Kier alpha value is -3.92. The second-order valence-electron chi connectivity index (χ2n) is 6.95. The fourth-order valence-electron chi connectivity index (χ4n) is 3.13. The molecule has 0 heterocycles. The number of methoxy groups -OCH3 is 1. The molecule has 1 N–H and O–H groups in total. The number of sulfonamides is 1. The van der Waals surface area contributed by atoms with E-state index >= 15 is 0 Å². The lowest BCUT2D eigenvalue weighted by Gasteiger charge is -2.24. The molecule has 0 spiro atoms. The predicted molar refractivity (Wildman–Crippen MR) is 125 cm³/mol. The molecule has 1 amide bonds. The summed E-state index contributed by atoms with van der Waals surface area (Å²) in [6.45, 7) is 1.05. The second-order valence-corrected chi connectivity index (χ2v) is 8.82. The van der Waals surface area contributed by atoms with E-state index in [0.717, 1.165) is 6.07 Å². The van der Waals surface area contributed by atoms with Gasteiger partial charge in [0.05, 0.1) is 35.6 Å². The topological polar surface area (TPSA) is 102 Å². The number of nitrogens with zero attached hydrogens (tertiary/aromatic N) is 1. The molecule has 178 valence electrons. The highest BCUT2D eigenvalue weighted by atomic mass is 32.2. The summed E-state index contributed by atoms with van der Waals surface area (Å²) < 4.78 is 52.1. The average molecular weight is 487 g/mol. The van der Waals surface area contributed by atoms with Crippen LogP contribution in [0, 0.1) is 5.82 Å². The van der Waals surface area contributed by atoms with Gasteiger partial charge in [0, 0.05) is 0 Å². The van der Waals surface area contributed by atoms with Crippen molar-refractivity contribution in [2.75, 3.05) is 29.9 Å². The summed E-state index contributed by atoms with van der Waals surface area (Å²) in [4.78, 5) is 24.9. The van der Waals surface area contributed by atoms with Gasteiger partial charge in [-0.1, -0.05) is 24.3 Å². The third-order valence-electron chi connectivity index (χ3n) is 4.75. The molecule has 3 aromatic rings. The summed E-state index contributed by atoms with van der Waals surface area (Å²) in [5.74, 6) is -1.81. The number of carbonyl (C=O) groups is 2. The summed E-state index contributed by atoms with van der Waals surface area (Å²) in [5.41, 5.74) is -0.0541. The molecule has 34 heavy (non-hydrogen) atoms. The zero-order valence-electron chi connectivity index (χ0n) is 18.5. The SMILES string of the molecule is CCOC(=O)c1ccccc1NC(=O)CN(c1ccccc1F)S(=O)(=O)c1ccc(OC)cc1. The first-order valence-electron chi connectivity index (χ1n) is 10.2. The summed E-state index contributed by atoms with van der Waals surface area (Å²) >= 11 is 0. The van der Waals surface area contributed by atoms with Gasteiger partial charge >= 0.3 is 5.97 Å². The lowest BCUT2D eigenvalue weighted by molar-refractivity contribution is -0.114. The Labute approximate surface area is 197 Å². The quantitative estimate of drug-likeness (QED) is 0.461. The normalized spacial score (nSPS) is 10.9. The molecule has 0 aromatic heterocycles. The smallest absolute Gasteiger partial charge is 0.340 e. The number of amides is 1. The highest BCUT2D eigenvalue weighted by Gasteiger charge is 2.29. The number of hydrogen-bond donors (Lipinski definition) is 1. The van der Waals surface area contributed by atoms with Crippen molar-refractivity contribution in [3.8, 4) is 5.75 Å². The van der Waals surface area contributed by atoms with E-state index in [1.54, 1.807) is 19.1 Å². The maximum Gasteiger partial charge on any atom is 0.340 e. The van der Waals surface area contributed by atoms with Crippen molar-refractivity contribution in [2.45, 2.75) is 11.8 Å². The van der Waals surface area contributed by atoms with Crippen LogP contribution in [0.3, 0.4) is 0 Å². The van der Waals surface area contributed by atoms with Crippen LogP contribution in [0.1, 0.15) is 17.3 Å². The largest absolute Gasteiger partial charge is 0.497 e. The molecular weight excluding hydrogens is 463 g/mol. The number of rotatable bonds is 9. The first-order chi connectivity index (χ1) is 16.3. The number of hydrogen-bond acceptors (Lipinski definition) is 6. The van der Waals surface area contributed by atoms with Crippen LogP contribution in [0.5, 0.6) is 5.75 Å². The fraction of sp³-hybridized carbons (Fsp3) is 0.167. The van der Waals surface area contributed by atoms with E-state index in [4.69, 9.17) is 9.47 Å². The second kappa shape index (κ2) is 10.8. The molecule has 0 unspecified atom stereocenters. The summed E-state index contributed by atoms with van der Waals surface area (Å²) in [6, 6.07) is 16.9. The summed E-state index contributed by atoms with van der Waals surface area (Å²) in [5, 5.41) is 2.52. The van der Waals surface area contributed by atoms with Gasteiger partial charge in [-0.3, -0.25) is 9.10 Å². The van der Waals surface area contributed by atoms with Crippen molar-refractivity contribution < 1.29 is 31.9 Å². The van der Waals surface area contributed by atoms with Gasteiger partial charge < -0.3 is 14.8 Å². The van der Waals surface area contributed by atoms with Gasteiger partial charge in [-0.15, -0.1) is 0 Å². The number of benzene rings is 3. The zero-order chi connectivity index (χ0) is 24.7.